The highest BCUT2D eigenvalue weighted by Crippen LogP contribution is 2.36. The monoisotopic (exact) mass is 388 g/mol. The van der Waals surface area contributed by atoms with Crippen LogP contribution in [0, 0.1) is 11.6 Å². The van der Waals surface area contributed by atoms with Gasteiger partial charge in [-0.15, -0.1) is 0 Å². The highest BCUT2D eigenvalue weighted by atomic mass is 32.1. The maximum Gasteiger partial charge on any atom is 0.338 e. The summed E-state index contributed by atoms with van der Waals surface area (Å²) in [6.45, 7) is 3.48. The number of benzene rings is 2. The molecule has 0 spiro atoms. The fourth-order valence-electron chi connectivity index (χ4n) is 3.11. The summed E-state index contributed by atoms with van der Waals surface area (Å²) in [6.07, 6.45) is 0. The summed E-state index contributed by atoms with van der Waals surface area (Å²) < 4.78 is 34.0. The number of thiocarbonyl (C=S) groups is 1. The van der Waals surface area contributed by atoms with Crippen molar-refractivity contribution in [1.29, 1.82) is 0 Å². The van der Waals surface area contributed by atoms with Gasteiger partial charge in [-0.05, 0) is 50.3 Å². The van der Waals surface area contributed by atoms with Gasteiger partial charge in [0.25, 0.3) is 0 Å². The van der Waals surface area contributed by atoms with Gasteiger partial charge in [-0.25, -0.2) is 13.6 Å². The fourth-order valence-corrected chi connectivity index (χ4v) is 3.47. The summed E-state index contributed by atoms with van der Waals surface area (Å²) in [4.78, 5) is 14.3. The van der Waals surface area contributed by atoms with E-state index in [1.54, 1.807) is 18.7 Å². The molecule has 0 aliphatic carbocycles. The SMILES string of the molecule is CCOC(=O)C1=C(C)N(c2ccccc2)C(=S)N[C@H]1c1c(F)cccc1F. The molecule has 0 fully saturated rings. The van der Waals surface area contributed by atoms with Crippen molar-refractivity contribution in [3.05, 3.63) is 77.0 Å². The third kappa shape index (κ3) is 3.55. The van der Waals surface area contributed by atoms with Gasteiger partial charge in [0.05, 0.1) is 23.8 Å². The molecule has 0 unspecified atom stereocenters. The van der Waals surface area contributed by atoms with Gasteiger partial charge in [0, 0.05) is 11.4 Å². The zero-order chi connectivity index (χ0) is 19.6. The first kappa shape index (κ1) is 19.0. The van der Waals surface area contributed by atoms with E-state index in [0.29, 0.717) is 5.70 Å². The van der Waals surface area contributed by atoms with Gasteiger partial charge >= 0.3 is 5.97 Å². The lowest BCUT2D eigenvalue weighted by Crippen LogP contribution is -2.48. The van der Waals surface area contributed by atoms with E-state index in [1.165, 1.54) is 6.07 Å². The van der Waals surface area contributed by atoms with E-state index in [0.717, 1.165) is 17.8 Å². The first-order chi connectivity index (χ1) is 13.0. The molecule has 0 amide bonds. The van der Waals surface area contributed by atoms with Crippen LogP contribution in [0.3, 0.4) is 0 Å². The molecule has 1 atom stereocenters. The average Bonchev–Trinajstić information content (AvgIpc) is 2.62. The largest absolute Gasteiger partial charge is 0.463 e. The third-order valence-electron chi connectivity index (χ3n) is 4.28. The molecule has 0 saturated carbocycles. The number of nitrogens with zero attached hydrogens (tertiary/aromatic N) is 1. The van der Waals surface area contributed by atoms with E-state index < -0.39 is 23.6 Å². The van der Waals surface area contributed by atoms with Gasteiger partial charge in [-0.3, -0.25) is 4.90 Å². The smallest absolute Gasteiger partial charge is 0.338 e. The normalized spacial score (nSPS) is 17.0. The number of esters is 1. The highest BCUT2D eigenvalue weighted by molar-refractivity contribution is 7.80. The summed E-state index contributed by atoms with van der Waals surface area (Å²) in [5.74, 6) is -2.19. The van der Waals surface area contributed by atoms with Gasteiger partial charge in [0.2, 0.25) is 0 Å². The van der Waals surface area contributed by atoms with Crippen LogP contribution in [0.2, 0.25) is 0 Å². The number of hydrogen-bond acceptors (Lipinski definition) is 3. The summed E-state index contributed by atoms with van der Waals surface area (Å²) in [7, 11) is 0. The Morgan fingerprint density at radius 1 is 1.15 bits per heavy atom. The number of hydrogen-bond donors (Lipinski definition) is 1. The number of carbonyl (C=O) groups excluding carboxylic acids is 1. The van der Waals surface area contributed by atoms with E-state index in [-0.39, 0.29) is 22.9 Å². The van der Waals surface area contributed by atoms with Crippen molar-refractivity contribution in [2.45, 2.75) is 19.9 Å². The molecule has 0 radical (unpaired) electrons. The Balaban J connectivity index is 2.19. The summed E-state index contributed by atoms with van der Waals surface area (Å²) in [5, 5.41) is 3.14. The molecule has 1 aliphatic rings. The number of nitrogens with one attached hydrogen (secondary N) is 1. The topological polar surface area (TPSA) is 41.6 Å². The first-order valence-electron chi connectivity index (χ1n) is 8.43. The Kier molecular flexibility index (Phi) is 5.51. The van der Waals surface area contributed by atoms with E-state index in [9.17, 15) is 13.6 Å². The number of halogens is 2. The molecule has 2 aromatic carbocycles. The number of carbonyl (C=O) groups is 1. The Morgan fingerprint density at radius 3 is 2.37 bits per heavy atom. The molecule has 1 N–H and O–H groups in total. The number of rotatable bonds is 4. The summed E-state index contributed by atoms with van der Waals surface area (Å²) in [6, 6.07) is 11.6. The maximum absolute atomic E-state index is 14.4. The molecule has 1 aliphatic heterocycles. The van der Waals surface area contributed by atoms with Gasteiger partial charge in [0.1, 0.15) is 11.6 Å². The second-order valence-corrected chi connectivity index (χ2v) is 6.30. The zero-order valence-corrected chi connectivity index (χ0v) is 15.6. The predicted molar refractivity (Wildman–Crippen MR) is 103 cm³/mol. The summed E-state index contributed by atoms with van der Waals surface area (Å²) >= 11 is 5.44. The van der Waals surface area contributed by atoms with Crippen LogP contribution in [0.4, 0.5) is 14.5 Å². The zero-order valence-electron chi connectivity index (χ0n) is 14.8. The van der Waals surface area contributed by atoms with E-state index in [4.69, 9.17) is 17.0 Å². The van der Waals surface area contributed by atoms with E-state index in [2.05, 4.69) is 5.32 Å². The standard InChI is InChI=1S/C20H18F2N2O2S/c1-3-26-19(25)16-12(2)24(13-8-5-4-6-9-13)20(27)23-18(16)17-14(21)10-7-11-15(17)22/h4-11,18H,3H2,1-2H3,(H,23,27)/t18-/m1/s1. The first-order valence-corrected chi connectivity index (χ1v) is 8.84. The molecule has 4 nitrogen and oxygen atoms in total. The molecule has 27 heavy (non-hydrogen) atoms. The van der Waals surface area contributed by atoms with Crippen molar-refractivity contribution in [3.8, 4) is 0 Å². The fraction of sp³-hybridized carbons (Fsp3) is 0.200. The molecule has 0 aromatic heterocycles. The Morgan fingerprint density at radius 2 is 1.78 bits per heavy atom. The van der Waals surface area contributed by atoms with Crippen molar-refractivity contribution in [3.63, 3.8) is 0 Å². The third-order valence-corrected chi connectivity index (χ3v) is 4.58. The summed E-state index contributed by atoms with van der Waals surface area (Å²) in [5.41, 5.74) is 1.02. The number of anilines is 1. The van der Waals surface area contributed by atoms with Crippen molar-refractivity contribution in [1.82, 2.24) is 5.32 Å². The molecule has 7 heteroatoms. The number of ether oxygens (including phenoxy) is 1. The Labute approximate surface area is 161 Å². The van der Waals surface area contributed by atoms with E-state index >= 15 is 0 Å². The number of para-hydroxylation sites is 1. The molecule has 140 valence electrons. The van der Waals surface area contributed by atoms with Crippen LogP contribution in [0.15, 0.2) is 59.8 Å². The molecular weight excluding hydrogens is 370 g/mol. The Bertz CT molecular complexity index is 895. The van der Waals surface area contributed by atoms with Gasteiger partial charge in [0.15, 0.2) is 5.11 Å². The molecule has 0 bridgehead atoms. The van der Waals surface area contributed by atoms with Crippen LogP contribution in [0.25, 0.3) is 0 Å². The molecule has 2 aromatic rings. The lowest BCUT2D eigenvalue weighted by Gasteiger charge is -2.37. The molecular formula is C20H18F2N2O2S. The van der Waals surface area contributed by atoms with Crippen LogP contribution in [-0.4, -0.2) is 17.7 Å². The van der Waals surface area contributed by atoms with Gasteiger partial charge in [-0.2, -0.15) is 0 Å². The van der Waals surface area contributed by atoms with Gasteiger partial charge in [-0.1, -0.05) is 24.3 Å². The lowest BCUT2D eigenvalue weighted by molar-refractivity contribution is -0.139. The van der Waals surface area contributed by atoms with Crippen molar-refractivity contribution in [2.75, 3.05) is 11.5 Å². The van der Waals surface area contributed by atoms with Crippen LogP contribution in [0.5, 0.6) is 0 Å². The quantitative estimate of drug-likeness (QED) is 0.627. The van der Waals surface area contributed by atoms with Crippen molar-refractivity contribution in [2.24, 2.45) is 0 Å². The van der Waals surface area contributed by atoms with E-state index in [1.807, 2.05) is 30.3 Å². The minimum Gasteiger partial charge on any atom is -0.463 e. The van der Waals surface area contributed by atoms with Crippen LogP contribution >= 0.6 is 12.2 Å². The van der Waals surface area contributed by atoms with Crippen molar-refractivity contribution >= 4 is 29.0 Å². The molecule has 3 rings (SSSR count). The maximum atomic E-state index is 14.4. The van der Waals surface area contributed by atoms with Crippen molar-refractivity contribution < 1.29 is 18.3 Å². The minimum atomic E-state index is -1.09. The Hall–Kier alpha value is -2.80. The second kappa shape index (κ2) is 7.84. The molecule has 0 saturated heterocycles. The van der Waals surface area contributed by atoms with Crippen LogP contribution in [-0.2, 0) is 9.53 Å². The molecule has 1 heterocycles. The van der Waals surface area contributed by atoms with Crippen LogP contribution < -0.4 is 10.2 Å². The number of allylic oxidation sites excluding steroid dienone is 1. The lowest BCUT2D eigenvalue weighted by atomic mass is 9.94. The second-order valence-electron chi connectivity index (χ2n) is 5.91. The highest BCUT2D eigenvalue weighted by Gasteiger charge is 2.37. The van der Waals surface area contributed by atoms with Crippen LogP contribution in [0.1, 0.15) is 25.5 Å². The van der Waals surface area contributed by atoms with Gasteiger partial charge < -0.3 is 10.1 Å². The minimum absolute atomic E-state index is 0.110. The average molecular weight is 388 g/mol. The predicted octanol–water partition coefficient (Wildman–Crippen LogP) is 4.24.